The number of hydrogen-bond acceptors (Lipinski definition) is 2. The molecule has 96 valence electrons. The molecule has 0 saturated carbocycles. The van der Waals surface area contributed by atoms with E-state index < -0.39 is 6.10 Å². The third-order valence-corrected chi connectivity index (χ3v) is 3.24. The Labute approximate surface area is 108 Å². The number of benzene rings is 2. The Morgan fingerprint density at radius 2 is 1.72 bits per heavy atom. The molecule has 0 aliphatic heterocycles. The Hall–Kier alpha value is -1.54. The van der Waals surface area contributed by atoms with Gasteiger partial charge in [-0.05, 0) is 22.3 Å². The van der Waals surface area contributed by atoms with Crippen molar-refractivity contribution in [2.75, 3.05) is 7.11 Å². The van der Waals surface area contributed by atoms with E-state index in [1.807, 2.05) is 57.2 Å². The molecule has 18 heavy (non-hydrogen) atoms. The largest absolute Gasteiger partial charge is 0.496 e. The van der Waals surface area contributed by atoms with Gasteiger partial charge in [-0.2, -0.15) is 0 Å². The van der Waals surface area contributed by atoms with Crippen LogP contribution >= 0.6 is 0 Å². The van der Waals surface area contributed by atoms with Crippen molar-refractivity contribution in [3.8, 4) is 5.75 Å². The van der Waals surface area contributed by atoms with Crippen LogP contribution in [0, 0.1) is 5.41 Å². The molecule has 1 unspecified atom stereocenters. The summed E-state index contributed by atoms with van der Waals surface area (Å²) in [6, 6.07) is 12.0. The van der Waals surface area contributed by atoms with E-state index in [1.165, 1.54) is 0 Å². The predicted octanol–water partition coefficient (Wildman–Crippen LogP) is 3.93. The molecular weight excluding hydrogens is 224 g/mol. The number of aliphatic hydroxyl groups is 1. The molecule has 2 heteroatoms. The van der Waals surface area contributed by atoms with Crippen molar-refractivity contribution in [3.05, 3.63) is 42.0 Å². The zero-order valence-electron chi connectivity index (χ0n) is 11.4. The molecular formula is C16H20O2. The summed E-state index contributed by atoms with van der Waals surface area (Å²) in [6.45, 7) is 6.08. The highest BCUT2D eigenvalue weighted by atomic mass is 16.5. The topological polar surface area (TPSA) is 29.5 Å². The molecule has 0 aromatic heterocycles. The molecule has 2 rings (SSSR count). The number of hydrogen-bond donors (Lipinski definition) is 1. The SMILES string of the molecule is COc1ccc2ccccc2c1C(O)C(C)(C)C. The van der Waals surface area contributed by atoms with Crippen LogP contribution in [-0.4, -0.2) is 12.2 Å². The number of rotatable bonds is 2. The number of aliphatic hydroxyl groups excluding tert-OH is 1. The van der Waals surface area contributed by atoms with Crippen molar-refractivity contribution >= 4 is 10.8 Å². The fraction of sp³-hybridized carbons (Fsp3) is 0.375. The highest BCUT2D eigenvalue weighted by Gasteiger charge is 2.28. The number of fused-ring (bicyclic) bond motifs is 1. The van der Waals surface area contributed by atoms with Crippen LogP contribution in [0.15, 0.2) is 36.4 Å². The average Bonchev–Trinajstić information content (AvgIpc) is 2.35. The average molecular weight is 244 g/mol. The molecule has 0 bridgehead atoms. The van der Waals surface area contributed by atoms with Crippen molar-refractivity contribution in [1.29, 1.82) is 0 Å². The molecule has 0 fully saturated rings. The molecule has 2 aromatic rings. The quantitative estimate of drug-likeness (QED) is 0.867. The minimum absolute atomic E-state index is 0.225. The van der Waals surface area contributed by atoms with Gasteiger partial charge in [0.05, 0.1) is 13.2 Å². The summed E-state index contributed by atoms with van der Waals surface area (Å²) in [7, 11) is 1.64. The third kappa shape index (κ3) is 2.21. The monoisotopic (exact) mass is 244 g/mol. The smallest absolute Gasteiger partial charge is 0.125 e. The summed E-state index contributed by atoms with van der Waals surface area (Å²) >= 11 is 0. The van der Waals surface area contributed by atoms with E-state index >= 15 is 0 Å². The molecule has 1 atom stereocenters. The van der Waals surface area contributed by atoms with Gasteiger partial charge in [0.15, 0.2) is 0 Å². The first-order valence-electron chi connectivity index (χ1n) is 6.19. The lowest BCUT2D eigenvalue weighted by molar-refractivity contribution is 0.0617. The maximum absolute atomic E-state index is 10.6. The number of methoxy groups -OCH3 is 1. The van der Waals surface area contributed by atoms with E-state index in [4.69, 9.17) is 4.74 Å². The van der Waals surface area contributed by atoms with E-state index in [-0.39, 0.29) is 5.41 Å². The van der Waals surface area contributed by atoms with E-state index in [0.29, 0.717) is 0 Å². The standard InChI is InChI=1S/C16H20O2/c1-16(2,3)15(17)14-12-8-6-5-7-11(12)9-10-13(14)18-4/h5-10,15,17H,1-4H3. The molecule has 0 radical (unpaired) electrons. The van der Waals surface area contributed by atoms with Crippen LogP contribution in [0.3, 0.4) is 0 Å². The maximum Gasteiger partial charge on any atom is 0.125 e. The first-order chi connectivity index (χ1) is 8.45. The van der Waals surface area contributed by atoms with Gasteiger partial charge in [-0.15, -0.1) is 0 Å². The lowest BCUT2D eigenvalue weighted by Gasteiger charge is -2.28. The molecule has 0 saturated heterocycles. The Morgan fingerprint density at radius 3 is 2.33 bits per heavy atom. The molecule has 2 nitrogen and oxygen atoms in total. The zero-order valence-corrected chi connectivity index (χ0v) is 11.4. The van der Waals surface area contributed by atoms with Gasteiger partial charge in [-0.25, -0.2) is 0 Å². The minimum Gasteiger partial charge on any atom is -0.496 e. The van der Waals surface area contributed by atoms with Crippen LogP contribution in [0.4, 0.5) is 0 Å². The van der Waals surface area contributed by atoms with Gasteiger partial charge in [0.1, 0.15) is 5.75 Å². The fourth-order valence-electron chi connectivity index (χ4n) is 2.17. The van der Waals surface area contributed by atoms with Gasteiger partial charge in [0, 0.05) is 5.56 Å². The molecule has 1 N–H and O–H groups in total. The summed E-state index contributed by atoms with van der Waals surface area (Å²) in [5, 5.41) is 12.8. The maximum atomic E-state index is 10.6. The summed E-state index contributed by atoms with van der Waals surface area (Å²) in [4.78, 5) is 0. The highest BCUT2D eigenvalue weighted by Crippen LogP contribution is 2.41. The Bertz CT molecular complexity index is 553. The third-order valence-electron chi connectivity index (χ3n) is 3.24. The van der Waals surface area contributed by atoms with Crippen LogP contribution in [0.2, 0.25) is 0 Å². The highest BCUT2D eigenvalue weighted by molar-refractivity contribution is 5.88. The lowest BCUT2D eigenvalue weighted by atomic mass is 9.82. The predicted molar refractivity (Wildman–Crippen MR) is 74.9 cm³/mol. The normalized spacial score (nSPS) is 13.6. The Balaban J connectivity index is 2.72. The number of ether oxygens (including phenoxy) is 1. The summed E-state index contributed by atoms with van der Waals surface area (Å²) in [6.07, 6.45) is -0.557. The van der Waals surface area contributed by atoms with Gasteiger partial charge in [-0.1, -0.05) is 51.1 Å². The first-order valence-corrected chi connectivity index (χ1v) is 6.19. The van der Waals surface area contributed by atoms with Crippen molar-refractivity contribution in [2.45, 2.75) is 26.9 Å². The van der Waals surface area contributed by atoms with Gasteiger partial charge in [0.25, 0.3) is 0 Å². The van der Waals surface area contributed by atoms with Gasteiger partial charge in [-0.3, -0.25) is 0 Å². The van der Waals surface area contributed by atoms with Crippen LogP contribution in [0.1, 0.15) is 32.4 Å². The second-order valence-electron chi connectivity index (χ2n) is 5.67. The van der Waals surface area contributed by atoms with Crippen molar-refractivity contribution in [2.24, 2.45) is 5.41 Å². The van der Waals surface area contributed by atoms with Crippen molar-refractivity contribution in [1.82, 2.24) is 0 Å². The van der Waals surface area contributed by atoms with E-state index in [9.17, 15) is 5.11 Å². The summed E-state index contributed by atoms with van der Waals surface area (Å²) in [5.41, 5.74) is 0.653. The van der Waals surface area contributed by atoms with E-state index in [2.05, 4.69) is 0 Å². The zero-order chi connectivity index (χ0) is 13.3. The van der Waals surface area contributed by atoms with Gasteiger partial charge < -0.3 is 9.84 Å². The molecule has 2 aromatic carbocycles. The summed E-state index contributed by atoms with van der Waals surface area (Å²) < 4.78 is 5.41. The van der Waals surface area contributed by atoms with Crippen molar-refractivity contribution in [3.63, 3.8) is 0 Å². The van der Waals surface area contributed by atoms with E-state index in [0.717, 1.165) is 22.1 Å². The van der Waals surface area contributed by atoms with Crippen LogP contribution in [-0.2, 0) is 0 Å². The molecule has 0 aliphatic carbocycles. The second-order valence-corrected chi connectivity index (χ2v) is 5.67. The molecule has 0 spiro atoms. The Kier molecular flexibility index (Phi) is 3.31. The van der Waals surface area contributed by atoms with Crippen molar-refractivity contribution < 1.29 is 9.84 Å². The minimum atomic E-state index is -0.557. The van der Waals surface area contributed by atoms with Crippen LogP contribution < -0.4 is 4.74 Å². The first kappa shape index (κ1) is 12.9. The lowest BCUT2D eigenvalue weighted by Crippen LogP contribution is -2.18. The van der Waals surface area contributed by atoms with E-state index in [1.54, 1.807) is 7.11 Å². The van der Waals surface area contributed by atoms with Crippen LogP contribution in [0.25, 0.3) is 10.8 Å². The van der Waals surface area contributed by atoms with Gasteiger partial charge >= 0.3 is 0 Å². The molecule has 0 aliphatic rings. The fourth-order valence-corrected chi connectivity index (χ4v) is 2.17. The Morgan fingerprint density at radius 1 is 1.06 bits per heavy atom. The van der Waals surface area contributed by atoms with Crippen LogP contribution in [0.5, 0.6) is 5.75 Å². The molecule has 0 amide bonds. The van der Waals surface area contributed by atoms with Gasteiger partial charge in [0.2, 0.25) is 0 Å². The second kappa shape index (κ2) is 4.62. The summed E-state index contributed by atoms with van der Waals surface area (Å²) in [5.74, 6) is 0.746. The molecule has 0 heterocycles.